The molecule has 1 amide bonds. The van der Waals surface area contributed by atoms with E-state index in [1.807, 2.05) is 13.8 Å². The fraction of sp³-hybridized carbons (Fsp3) is 0.286. The number of carboxylic acid groups (broad SMARTS) is 1. The first-order valence-electron chi connectivity index (χ1n) is 6.14. The first-order chi connectivity index (χ1) is 9.49. The number of nitrogens with zero attached hydrogens (tertiary/aromatic N) is 1. The van der Waals surface area contributed by atoms with Crippen molar-refractivity contribution in [1.82, 2.24) is 4.90 Å². The normalized spacial score (nSPS) is 10.8. The summed E-state index contributed by atoms with van der Waals surface area (Å²) < 4.78 is 10.3. The highest BCUT2D eigenvalue weighted by Gasteiger charge is 2.24. The summed E-state index contributed by atoms with van der Waals surface area (Å²) in [7, 11) is 0. The fourth-order valence-corrected chi connectivity index (χ4v) is 1.76. The number of carbonyl (C=O) groups is 2. The van der Waals surface area contributed by atoms with E-state index in [2.05, 4.69) is 0 Å². The molecule has 2 rings (SSSR count). The fourth-order valence-electron chi connectivity index (χ4n) is 1.76. The van der Waals surface area contributed by atoms with Crippen LogP contribution in [0.3, 0.4) is 0 Å². The van der Waals surface area contributed by atoms with Gasteiger partial charge in [0.05, 0.1) is 18.4 Å². The maximum Gasteiger partial charge on any atom is 0.338 e. The van der Waals surface area contributed by atoms with E-state index < -0.39 is 5.97 Å². The van der Waals surface area contributed by atoms with Crippen LogP contribution in [0.2, 0.25) is 0 Å². The van der Waals surface area contributed by atoms with Crippen molar-refractivity contribution in [2.24, 2.45) is 0 Å². The zero-order valence-corrected chi connectivity index (χ0v) is 11.2. The van der Waals surface area contributed by atoms with Gasteiger partial charge in [0.15, 0.2) is 5.76 Å². The molecule has 0 aliphatic rings. The third-order valence-corrected chi connectivity index (χ3v) is 2.85. The third kappa shape index (κ3) is 2.90. The Balaban J connectivity index is 2.19. The summed E-state index contributed by atoms with van der Waals surface area (Å²) >= 11 is 0. The summed E-state index contributed by atoms with van der Waals surface area (Å²) in [6, 6.07) is 4.66. The highest BCUT2D eigenvalue weighted by atomic mass is 16.4. The maximum absolute atomic E-state index is 12.3. The van der Waals surface area contributed by atoms with Crippen LogP contribution in [0.5, 0.6) is 0 Å². The number of rotatable bonds is 5. The van der Waals surface area contributed by atoms with Crippen molar-refractivity contribution < 1.29 is 23.5 Å². The van der Waals surface area contributed by atoms with Crippen LogP contribution in [0.25, 0.3) is 0 Å². The molecule has 2 heterocycles. The van der Waals surface area contributed by atoms with E-state index in [1.54, 1.807) is 17.0 Å². The molecule has 20 heavy (non-hydrogen) atoms. The minimum absolute atomic E-state index is 0.00246. The Kier molecular flexibility index (Phi) is 3.93. The van der Waals surface area contributed by atoms with E-state index in [1.165, 1.54) is 12.3 Å². The van der Waals surface area contributed by atoms with Crippen molar-refractivity contribution in [1.29, 1.82) is 0 Å². The lowest BCUT2D eigenvalue weighted by atomic mass is 10.2. The minimum atomic E-state index is -1.13. The molecule has 2 aromatic rings. The zero-order valence-electron chi connectivity index (χ0n) is 11.2. The highest BCUT2D eigenvalue weighted by Crippen LogP contribution is 2.16. The molecule has 0 aliphatic heterocycles. The number of furan rings is 2. The number of aromatic carboxylic acids is 1. The van der Waals surface area contributed by atoms with Gasteiger partial charge in [0.2, 0.25) is 0 Å². The first kappa shape index (κ1) is 13.9. The van der Waals surface area contributed by atoms with Gasteiger partial charge in [-0.15, -0.1) is 0 Å². The lowest BCUT2D eigenvalue weighted by Crippen LogP contribution is -2.36. The van der Waals surface area contributed by atoms with Gasteiger partial charge in [-0.25, -0.2) is 4.79 Å². The minimum Gasteiger partial charge on any atom is -0.478 e. The Hall–Kier alpha value is -2.50. The van der Waals surface area contributed by atoms with E-state index in [0.717, 1.165) is 6.26 Å². The van der Waals surface area contributed by atoms with Gasteiger partial charge in [0, 0.05) is 12.1 Å². The van der Waals surface area contributed by atoms with Crippen LogP contribution in [-0.2, 0) is 6.54 Å². The molecule has 6 heteroatoms. The SMILES string of the molecule is CC(C)N(Cc1ccco1)C(=O)c1cc(C(=O)O)co1. The Labute approximate surface area is 115 Å². The van der Waals surface area contributed by atoms with E-state index in [-0.39, 0.29) is 23.3 Å². The van der Waals surface area contributed by atoms with Gasteiger partial charge in [-0.05, 0) is 26.0 Å². The lowest BCUT2D eigenvalue weighted by molar-refractivity contribution is 0.0642. The molecule has 106 valence electrons. The number of carbonyl (C=O) groups excluding carboxylic acids is 1. The third-order valence-electron chi connectivity index (χ3n) is 2.85. The molecule has 0 radical (unpaired) electrons. The summed E-state index contributed by atoms with van der Waals surface area (Å²) in [5.74, 6) is -0.849. The number of amides is 1. The Morgan fingerprint density at radius 1 is 1.35 bits per heavy atom. The summed E-state index contributed by atoms with van der Waals surface area (Å²) in [4.78, 5) is 24.7. The Morgan fingerprint density at radius 2 is 2.10 bits per heavy atom. The second kappa shape index (κ2) is 5.64. The van der Waals surface area contributed by atoms with Gasteiger partial charge in [-0.1, -0.05) is 0 Å². The van der Waals surface area contributed by atoms with Crippen LogP contribution in [0.4, 0.5) is 0 Å². The molecule has 0 atom stereocenters. The molecule has 0 aromatic carbocycles. The molecule has 6 nitrogen and oxygen atoms in total. The van der Waals surface area contributed by atoms with Gasteiger partial charge in [-0.2, -0.15) is 0 Å². The zero-order chi connectivity index (χ0) is 14.7. The largest absolute Gasteiger partial charge is 0.478 e. The molecule has 0 fully saturated rings. The van der Waals surface area contributed by atoms with Gasteiger partial charge in [0.1, 0.15) is 12.0 Å². The van der Waals surface area contributed by atoms with E-state index >= 15 is 0 Å². The smallest absolute Gasteiger partial charge is 0.338 e. The molecule has 0 aliphatic carbocycles. The van der Waals surface area contributed by atoms with Crippen molar-refractivity contribution in [3.8, 4) is 0 Å². The summed E-state index contributed by atoms with van der Waals surface area (Å²) in [5, 5.41) is 8.84. The van der Waals surface area contributed by atoms with Gasteiger partial charge < -0.3 is 18.8 Å². The second-order valence-electron chi connectivity index (χ2n) is 4.61. The Bertz CT molecular complexity index is 597. The van der Waals surface area contributed by atoms with Crippen molar-refractivity contribution in [3.05, 3.63) is 47.8 Å². The van der Waals surface area contributed by atoms with Crippen molar-refractivity contribution in [2.75, 3.05) is 0 Å². The Morgan fingerprint density at radius 3 is 2.60 bits per heavy atom. The molecule has 0 saturated carbocycles. The summed E-state index contributed by atoms with van der Waals surface area (Å²) in [6.45, 7) is 4.02. The monoisotopic (exact) mass is 277 g/mol. The van der Waals surface area contributed by atoms with E-state index in [0.29, 0.717) is 12.3 Å². The molecule has 0 saturated heterocycles. The molecular weight excluding hydrogens is 262 g/mol. The molecule has 2 aromatic heterocycles. The predicted molar refractivity (Wildman–Crippen MR) is 69.4 cm³/mol. The first-order valence-corrected chi connectivity index (χ1v) is 6.14. The van der Waals surface area contributed by atoms with Crippen LogP contribution >= 0.6 is 0 Å². The second-order valence-corrected chi connectivity index (χ2v) is 4.61. The molecule has 0 unspecified atom stereocenters. The molecule has 0 bridgehead atoms. The topological polar surface area (TPSA) is 83.9 Å². The number of hydrogen-bond acceptors (Lipinski definition) is 4. The van der Waals surface area contributed by atoms with Crippen LogP contribution in [0.1, 0.15) is 40.5 Å². The quantitative estimate of drug-likeness (QED) is 0.908. The van der Waals surface area contributed by atoms with Gasteiger partial charge >= 0.3 is 5.97 Å². The number of hydrogen-bond donors (Lipinski definition) is 1. The molecule has 1 N–H and O–H groups in total. The highest BCUT2D eigenvalue weighted by molar-refractivity contribution is 5.95. The molecule has 0 spiro atoms. The van der Waals surface area contributed by atoms with Crippen LogP contribution in [0.15, 0.2) is 39.6 Å². The number of carboxylic acids is 1. The van der Waals surface area contributed by atoms with Crippen molar-refractivity contribution in [2.45, 2.75) is 26.4 Å². The van der Waals surface area contributed by atoms with Crippen LogP contribution in [0, 0.1) is 0 Å². The van der Waals surface area contributed by atoms with Gasteiger partial charge in [0.25, 0.3) is 5.91 Å². The van der Waals surface area contributed by atoms with Crippen LogP contribution < -0.4 is 0 Å². The van der Waals surface area contributed by atoms with E-state index in [9.17, 15) is 9.59 Å². The standard InChI is InChI=1S/C14H15NO5/c1-9(2)15(7-11-4-3-5-19-11)13(16)12-6-10(8-20-12)14(17)18/h3-6,8-9H,7H2,1-2H3,(H,17,18). The molecular formula is C14H15NO5. The summed E-state index contributed by atoms with van der Waals surface area (Å²) in [6.07, 6.45) is 2.59. The van der Waals surface area contributed by atoms with Gasteiger partial charge in [-0.3, -0.25) is 4.79 Å². The predicted octanol–water partition coefficient (Wildman–Crippen LogP) is 2.62. The average molecular weight is 277 g/mol. The van der Waals surface area contributed by atoms with Crippen LogP contribution in [-0.4, -0.2) is 27.9 Å². The average Bonchev–Trinajstić information content (AvgIpc) is 3.06. The van der Waals surface area contributed by atoms with Crippen molar-refractivity contribution in [3.63, 3.8) is 0 Å². The van der Waals surface area contributed by atoms with E-state index in [4.69, 9.17) is 13.9 Å². The van der Waals surface area contributed by atoms with Crippen molar-refractivity contribution >= 4 is 11.9 Å². The summed E-state index contributed by atoms with van der Waals surface area (Å²) in [5.41, 5.74) is -0.0462. The maximum atomic E-state index is 12.3. The lowest BCUT2D eigenvalue weighted by Gasteiger charge is -2.24.